The Balaban J connectivity index is 1.81. The Labute approximate surface area is 92.8 Å². The lowest BCUT2D eigenvalue weighted by atomic mass is 10.2. The van der Waals surface area contributed by atoms with Crippen molar-refractivity contribution in [2.75, 3.05) is 6.61 Å². The second-order valence-electron chi connectivity index (χ2n) is 3.89. The standard InChI is InChI=1S/C12H17O2P/c1-10-5-4-6-11(9-10)14-15-12-7-2-3-8-13-12/h4-6,9,12,15H,2-3,7-8H2,1H3. The van der Waals surface area contributed by atoms with E-state index in [4.69, 9.17) is 9.26 Å². The molecule has 2 atom stereocenters. The maximum absolute atomic E-state index is 5.73. The molecule has 1 saturated heterocycles. The van der Waals surface area contributed by atoms with Crippen molar-refractivity contribution in [1.82, 2.24) is 0 Å². The van der Waals surface area contributed by atoms with Crippen LogP contribution in [-0.4, -0.2) is 12.5 Å². The van der Waals surface area contributed by atoms with Crippen LogP contribution in [0.25, 0.3) is 0 Å². The van der Waals surface area contributed by atoms with Gasteiger partial charge in [-0.3, -0.25) is 0 Å². The predicted molar refractivity (Wildman–Crippen MR) is 63.7 cm³/mol. The molecule has 0 aliphatic carbocycles. The van der Waals surface area contributed by atoms with Crippen LogP contribution >= 0.6 is 8.81 Å². The van der Waals surface area contributed by atoms with Crippen molar-refractivity contribution < 1.29 is 9.26 Å². The Hall–Kier alpha value is -0.590. The lowest BCUT2D eigenvalue weighted by Gasteiger charge is -2.22. The minimum atomic E-state index is 0.319. The highest BCUT2D eigenvalue weighted by atomic mass is 31.1. The van der Waals surface area contributed by atoms with Gasteiger partial charge in [0.05, 0.1) is 0 Å². The summed E-state index contributed by atoms with van der Waals surface area (Å²) in [7, 11) is 0.433. The third kappa shape index (κ3) is 3.48. The minimum absolute atomic E-state index is 0.319. The third-order valence-corrected chi connectivity index (χ3v) is 3.55. The van der Waals surface area contributed by atoms with Crippen molar-refractivity contribution in [1.29, 1.82) is 0 Å². The van der Waals surface area contributed by atoms with Crippen molar-refractivity contribution >= 4 is 8.81 Å². The lowest BCUT2D eigenvalue weighted by molar-refractivity contribution is 0.0672. The van der Waals surface area contributed by atoms with Crippen LogP contribution < -0.4 is 4.52 Å². The Morgan fingerprint density at radius 2 is 2.33 bits per heavy atom. The maximum Gasteiger partial charge on any atom is 0.123 e. The van der Waals surface area contributed by atoms with Gasteiger partial charge in [-0.25, -0.2) is 0 Å². The molecule has 2 rings (SSSR count). The predicted octanol–water partition coefficient (Wildman–Crippen LogP) is 3.49. The number of hydrogen-bond donors (Lipinski definition) is 0. The van der Waals surface area contributed by atoms with Crippen LogP contribution in [0.1, 0.15) is 24.8 Å². The molecule has 0 amide bonds. The van der Waals surface area contributed by atoms with Crippen molar-refractivity contribution in [2.45, 2.75) is 32.0 Å². The van der Waals surface area contributed by atoms with Gasteiger partial charge in [-0.15, -0.1) is 0 Å². The molecule has 2 nitrogen and oxygen atoms in total. The number of hydrogen-bond acceptors (Lipinski definition) is 2. The van der Waals surface area contributed by atoms with Gasteiger partial charge in [0, 0.05) is 6.61 Å². The summed E-state index contributed by atoms with van der Waals surface area (Å²) in [6.07, 6.45) is 3.62. The SMILES string of the molecule is Cc1cccc(OPC2CCCCO2)c1. The van der Waals surface area contributed by atoms with Crippen LogP contribution in [0.2, 0.25) is 0 Å². The second-order valence-corrected chi connectivity index (χ2v) is 4.98. The van der Waals surface area contributed by atoms with E-state index in [9.17, 15) is 0 Å². The average molecular weight is 224 g/mol. The molecule has 0 saturated carbocycles. The van der Waals surface area contributed by atoms with Crippen LogP contribution in [0.5, 0.6) is 5.75 Å². The highest BCUT2D eigenvalue weighted by Gasteiger charge is 2.14. The van der Waals surface area contributed by atoms with Crippen molar-refractivity contribution in [2.24, 2.45) is 0 Å². The molecule has 0 spiro atoms. The molecule has 1 aromatic carbocycles. The molecule has 0 N–H and O–H groups in total. The summed E-state index contributed by atoms with van der Waals surface area (Å²) in [6, 6.07) is 8.17. The smallest absolute Gasteiger partial charge is 0.123 e. The van der Waals surface area contributed by atoms with Gasteiger partial charge in [0.25, 0.3) is 0 Å². The van der Waals surface area contributed by atoms with E-state index in [2.05, 4.69) is 19.1 Å². The summed E-state index contributed by atoms with van der Waals surface area (Å²) < 4.78 is 11.3. The largest absolute Gasteiger partial charge is 0.475 e. The summed E-state index contributed by atoms with van der Waals surface area (Å²) in [5, 5.41) is 0. The van der Waals surface area contributed by atoms with Gasteiger partial charge in [-0.1, -0.05) is 12.1 Å². The summed E-state index contributed by atoms with van der Waals surface area (Å²) >= 11 is 0. The quantitative estimate of drug-likeness (QED) is 0.731. The zero-order valence-corrected chi connectivity index (χ0v) is 10.0. The molecular formula is C12H17O2P. The Bertz CT molecular complexity index is 308. The van der Waals surface area contributed by atoms with E-state index < -0.39 is 0 Å². The summed E-state index contributed by atoms with van der Waals surface area (Å²) in [4.78, 5) is 0. The molecule has 0 aromatic heterocycles. The molecule has 15 heavy (non-hydrogen) atoms. The number of rotatable bonds is 3. The lowest BCUT2D eigenvalue weighted by Crippen LogP contribution is -2.14. The van der Waals surface area contributed by atoms with Crippen molar-refractivity contribution in [3.63, 3.8) is 0 Å². The van der Waals surface area contributed by atoms with Gasteiger partial charge in [-0.05, 0) is 43.9 Å². The van der Waals surface area contributed by atoms with Crippen LogP contribution in [0.4, 0.5) is 0 Å². The van der Waals surface area contributed by atoms with Crippen LogP contribution in [-0.2, 0) is 4.74 Å². The first kappa shape index (κ1) is 10.9. The average Bonchev–Trinajstić information content (AvgIpc) is 2.28. The van der Waals surface area contributed by atoms with Crippen LogP contribution in [0, 0.1) is 6.92 Å². The molecule has 1 aliphatic rings. The second kappa shape index (κ2) is 5.48. The number of ether oxygens (including phenoxy) is 1. The van der Waals surface area contributed by atoms with Gasteiger partial charge in [-0.2, -0.15) is 0 Å². The van der Waals surface area contributed by atoms with Gasteiger partial charge in [0.2, 0.25) is 0 Å². The highest BCUT2D eigenvalue weighted by molar-refractivity contribution is 7.33. The Kier molecular flexibility index (Phi) is 3.99. The molecule has 2 unspecified atom stereocenters. The molecule has 1 fully saturated rings. The van der Waals surface area contributed by atoms with E-state index in [1.54, 1.807) is 0 Å². The summed E-state index contributed by atoms with van der Waals surface area (Å²) in [5.74, 6) is 1.28. The number of benzene rings is 1. The molecule has 3 heteroatoms. The Morgan fingerprint density at radius 3 is 3.07 bits per heavy atom. The fraction of sp³-hybridized carbons (Fsp3) is 0.500. The van der Waals surface area contributed by atoms with E-state index in [1.165, 1.54) is 18.4 Å². The first-order valence-electron chi connectivity index (χ1n) is 5.45. The summed E-state index contributed by atoms with van der Waals surface area (Å²) in [5.41, 5.74) is 1.24. The minimum Gasteiger partial charge on any atom is -0.475 e. The molecule has 1 aliphatic heterocycles. The van der Waals surface area contributed by atoms with E-state index in [-0.39, 0.29) is 0 Å². The topological polar surface area (TPSA) is 18.5 Å². The molecule has 0 radical (unpaired) electrons. The van der Waals surface area contributed by atoms with E-state index in [0.29, 0.717) is 14.7 Å². The summed E-state index contributed by atoms with van der Waals surface area (Å²) in [6.45, 7) is 2.97. The van der Waals surface area contributed by atoms with Crippen molar-refractivity contribution in [3.8, 4) is 5.75 Å². The molecule has 1 aromatic rings. The third-order valence-electron chi connectivity index (χ3n) is 2.48. The molecule has 0 bridgehead atoms. The van der Waals surface area contributed by atoms with Gasteiger partial charge in [0.15, 0.2) is 0 Å². The molecule has 82 valence electrons. The van der Waals surface area contributed by atoms with E-state index in [1.807, 2.05) is 12.1 Å². The van der Waals surface area contributed by atoms with Gasteiger partial charge in [0.1, 0.15) is 20.4 Å². The maximum atomic E-state index is 5.73. The fourth-order valence-corrected chi connectivity index (χ4v) is 2.55. The van der Waals surface area contributed by atoms with Gasteiger partial charge < -0.3 is 9.26 Å². The van der Waals surface area contributed by atoms with E-state index in [0.717, 1.165) is 18.8 Å². The monoisotopic (exact) mass is 224 g/mol. The van der Waals surface area contributed by atoms with E-state index >= 15 is 0 Å². The zero-order chi connectivity index (χ0) is 10.5. The first-order valence-corrected chi connectivity index (χ1v) is 6.44. The number of aryl methyl sites for hydroxylation is 1. The van der Waals surface area contributed by atoms with Gasteiger partial charge >= 0.3 is 0 Å². The first-order chi connectivity index (χ1) is 7.34. The highest BCUT2D eigenvalue weighted by Crippen LogP contribution is 2.31. The van der Waals surface area contributed by atoms with Crippen LogP contribution in [0.15, 0.2) is 24.3 Å². The molecule has 1 heterocycles. The van der Waals surface area contributed by atoms with Crippen molar-refractivity contribution in [3.05, 3.63) is 29.8 Å². The Morgan fingerprint density at radius 1 is 1.40 bits per heavy atom. The van der Waals surface area contributed by atoms with Crippen LogP contribution in [0.3, 0.4) is 0 Å². The normalized spacial score (nSPS) is 22.1. The zero-order valence-electron chi connectivity index (χ0n) is 9.03. The fourth-order valence-electron chi connectivity index (χ4n) is 1.65. The molecular weight excluding hydrogens is 207 g/mol.